The lowest BCUT2D eigenvalue weighted by molar-refractivity contribution is -0.137. The van der Waals surface area contributed by atoms with Gasteiger partial charge >= 0.3 is 12.2 Å². The zero-order valence-corrected chi connectivity index (χ0v) is 19.0. The monoisotopic (exact) mass is 483 g/mol. The summed E-state index contributed by atoms with van der Waals surface area (Å²) >= 11 is 0. The highest BCUT2D eigenvalue weighted by Crippen LogP contribution is 2.30. The van der Waals surface area contributed by atoms with Gasteiger partial charge in [-0.1, -0.05) is 18.2 Å². The maximum Gasteiger partial charge on any atom is 0.416 e. The zero-order chi connectivity index (χ0) is 25.0. The van der Waals surface area contributed by atoms with Crippen molar-refractivity contribution in [1.29, 1.82) is 0 Å². The molecule has 0 aromatic heterocycles. The summed E-state index contributed by atoms with van der Waals surface area (Å²) in [6.07, 6.45) is -3.75. The predicted octanol–water partition coefficient (Wildman–Crippen LogP) is 5.80. The summed E-state index contributed by atoms with van der Waals surface area (Å²) in [6, 6.07) is 18.4. The number of hydrogen-bond donors (Lipinski definition) is 1. The zero-order valence-electron chi connectivity index (χ0n) is 19.0. The van der Waals surface area contributed by atoms with Crippen molar-refractivity contribution in [2.24, 2.45) is 0 Å². The van der Waals surface area contributed by atoms with Crippen molar-refractivity contribution in [2.45, 2.75) is 19.1 Å². The van der Waals surface area contributed by atoms with E-state index in [0.29, 0.717) is 47.8 Å². The van der Waals surface area contributed by atoms with Gasteiger partial charge in [-0.3, -0.25) is 9.69 Å². The third-order valence-electron chi connectivity index (χ3n) is 5.71. The van der Waals surface area contributed by atoms with Crippen molar-refractivity contribution >= 4 is 23.3 Å². The van der Waals surface area contributed by atoms with Gasteiger partial charge in [0, 0.05) is 36.6 Å². The van der Waals surface area contributed by atoms with Gasteiger partial charge in [-0.2, -0.15) is 13.2 Å². The number of carbonyl (C=O) groups excluding carboxylic acids is 2. The topological polar surface area (TPSA) is 61.9 Å². The number of carbonyl (C=O) groups is 2. The van der Waals surface area contributed by atoms with Crippen LogP contribution in [0.15, 0.2) is 72.8 Å². The maximum absolute atomic E-state index is 13.1. The summed E-state index contributed by atoms with van der Waals surface area (Å²) < 4.78 is 44.2. The molecule has 9 heteroatoms. The smallest absolute Gasteiger partial charge is 0.416 e. The van der Waals surface area contributed by atoms with Gasteiger partial charge in [0.2, 0.25) is 0 Å². The fourth-order valence-electron chi connectivity index (χ4n) is 3.93. The summed E-state index contributed by atoms with van der Waals surface area (Å²) in [5.74, 6) is 0.282. The Morgan fingerprint density at radius 1 is 1.00 bits per heavy atom. The molecule has 1 N–H and O–H groups in total. The number of urea groups is 1. The van der Waals surface area contributed by atoms with Gasteiger partial charge < -0.3 is 15.0 Å². The van der Waals surface area contributed by atoms with Gasteiger partial charge in [0.15, 0.2) is 0 Å². The molecule has 0 bridgehead atoms. The van der Waals surface area contributed by atoms with E-state index in [4.69, 9.17) is 4.74 Å². The van der Waals surface area contributed by atoms with E-state index in [-0.39, 0.29) is 18.5 Å². The van der Waals surface area contributed by atoms with E-state index in [1.54, 1.807) is 59.5 Å². The van der Waals surface area contributed by atoms with E-state index in [9.17, 15) is 22.8 Å². The molecule has 0 spiro atoms. The Morgan fingerprint density at radius 2 is 1.74 bits per heavy atom. The van der Waals surface area contributed by atoms with E-state index >= 15 is 0 Å². The highest BCUT2D eigenvalue weighted by Gasteiger charge is 2.31. The summed E-state index contributed by atoms with van der Waals surface area (Å²) in [6.45, 7) is 1.04. The van der Waals surface area contributed by atoms with E-state index in [2.05, 4.69) is 5.32 Å². The summed E-state index contributed by atoms with van der Waals surface area (Å²) in [5.41, 5.74) is 1.34. The molecular weight excluding hydrogens is 459 g/mol. The maximum atomic E-state index is 13.1. The number of rotatable bonds is 6. The average Bonchev–Trinajstić information content (AvgIpc) is 2.85. The Morgan fingerprint density at radius 3 is 2.46 bits per heavy atom. The molecule has 35 heavy (non-hydrogen) atoms. The van der Waals surface area contributed by atoms with E-state index < -0.39 is 11.7 Å². The van der Waals surface area contributed by atoms with Crippen LogP contribution in [0, 0.1) is 0 Å². The highest BCUT2D eigenvalue weighted by molar-refractivity contribution is 6.04. The van der Waals surface area contributed by atoms with Crippen molar-refractivity contribution in [3.8, 4) is 5.75 Å². The predicted molar refractivity (Wildman–Crippen MR) is 127 cm³/mol. The van der Waals surface area contributed by atoms with E-state index in [0.717, 1.165) is 12.1 Å². The number of ether oxygens (including phenoxy) is 1. The van der Waals surface area contributed by atoms with Crippen molar-refractivity contribution in [1.82, 2.24) is 4.90 Å². The molecule has 6 nitrogen and oxygen atoms in total. The highest BCUT2D eigenvalue weighted by atomic mass is 19.4. The minimum atomic E-state index is -4.43. The Bertz CT molecular complexity index is 1210. The van der Waals surface area contributed by atoms with Crippen LogP contribution in [0.4, 0.5) is 29.3 Å². The van der Waals surface area contributed by atoms with Crippen LogP contribution in [0.2, 0.25) is 0 Å². The van der Waals surface area contributed by atoms with Crippen LogP contribution < -0.4 is 15.0 Å². The summed E-state index contributed by atoms with van der Waals surface area (Å²) in [5, 5.41) is 2.81. The fraction of sp³-hybridized carbons (Fsp3) is 0.231. The van der Waals surface area contributed by atoms with Crippen LogP contribution in [0.3, 0.4) is 0 Å². The lowest BCUT2D eigenvalue weighted by Gasteiger charge is -2.35. The number of benzene rings is 3. The first-order valence-corrected chi connectivity index (χ1v) is 11.0. The molecule has 3 amide bonds. The number of anilines is 2. The normalized spacial score (nSPS) is 14.1. The first-order valence-electron chi connectivity index (χ1n) is 11.0. The Kier molecular flexibility index (Phi) is 6.95. The quantitative estimate of drug-likeness (QED) is 0.482. The molecule has 4 rings (SSSR count). The molecule has 1 aliphatic rings. The van der Waals surface area contributed by atoms with Gasteiger partial charge in [0.25, 0.3) is 5.91 Å². The van der Waals surface area contributed by atoms with Crippen LogP contribution in [0.1, 0.15) is 27.9 Å². The molecule has 0 aliphatic carbocycles. The molecule has 1 fully saturated rings. The second-order valence-electron chi connectivity index (χ2n) is 8.14. The Labute approximate surface area is 200 Å². The number of hydrogen-bond acceptors (Lipinski definition) is 3. The van der Waals surface area contributed by atoms with Gasteiger partial charge in [-0.15, -0.1) is 0 Å². The molecule has 0 unspecified atom stereocenters. The van der Waals surface area contributed by atoms with Gasteiger partial charge in [0.05, 0.1) is 12.7 Å². The number of amides is 3. The number of methoxy groups -OCH3 is 1. The van der Waals surface area contributed by atoms with Crippen LogP contribution in [-0.2, 0) is 12.7 Å². The third kappa shape index (κ3) is 5.74. The van der Waals surface area contributed by atoms with Crippen molar-refractivity contribution in [3.05, 3.63) is 89.5 Å². The molecule has 3 aromatic rings. The number of alkyl halides is 3. The molecule has 1 heterocycles. The van der Waals surface area contributed by atoms with Gasteiger partial charge in [0.1, 0.15) is 5.75 Å². The molecule has 1 aliphatic heterocycles. The first-order chi connectivity index (χ1) is 16.7. The molecule has 0 radical (unpaired) electrons. The number of nitrogens with zero attached hydrogens (tertiary/aromatic N) is 2. The number of halogens is 3. The van der Waals surface area contributed by atoms with Crippen LogP contribution in [0.5, 0.6) is 5.75 Å². The van der Waals surface area contributed by atoms with Crippen molar-refractivity contribution in [3.63, 3.8) is 0 Å². The largest absolute Gasteiger partial charge is 0.497 e. The molecular formula is C26H24F3N3O3. The Hall–Kier alpha value is -4.01. The summed E-state index contributed by atoms with van der Waals surface area (Å²) in [7, 11) is 1.53. The molecule has 0 atom stereocenters. The molecule has 3 aromatic carbocycles. The second kappa shape index (κ2) is 10.1. The minimum absolute atomic E-state index is 0.0912. The first kappa shape index (κ1) is 24.1. The molecule has 0 saturated carbocycles. The van der Waals surface area contributed by atoms with Gasteiger partial charge in [-0.25, -0.2) is 4.79 Å². The fourth-order valence-corrected chi connectivity index (χ4v) is 3.93. The lowest BCUT2D eigenvalue weighted by atomic mass is 10.1. The number of nitrogens with one attached hydrogen (secondary N) is 1. The standard InChI is InChI=1S/C26H24F3N3O3/c1-35-23-8-3-6-19(16-23)24(33)30-21-9-11-22(12-10-21)32-14-4-13-31(25(32)34)17-18-5-2-7-20(15-18)26(27,28)29/h2-3,5-12,15-16H,4,13-14,17H2,1H3,(H,30,33). The van der Waals surface area contributed by atoms with Crippen LogP contribution in [0.25, 0.3) is 0 Å². The van der Waals surface area contributed by atoms with Crippen LogP contribution >= 0.6 is 0 Å². The second-order valence-corrected chi connectivity index (χ2v) is 8.14. The summed E-state index contributed by atoms with van der Waals surface area (Å²) in [4.78, 5) is 28.7. The Balaban J connectivity index is 1.42. The van der Waals surface area contributed by atoms with E-state index in [1.165, 1.54) is 18.1 Å². The van der Waals surface area contributed by atoms with Crippen molar-refractivity contribution in [2.75, 3.05) is 30.4 Å². The minimum Gasteiger partial charge on any atom is -0.497 e. The third-order valence-corrected chi connectivity index (χ3v) is 5.71. The molecule has 1 saturated heterocycles. The SMILES string of the molecule is COc1cccc(C(=O)Nc2ccc(N3CCCN(Cc4cccc(C(F)(F)F)c4)C3=O)cc2)c1. The van der Waals surface area contributed by atoms with Gasteiger partial charge in [-0.05, 0) is 66.6 Å². The molecule has 182 valence electrons. The van der Waals surface area contributed by atoms with Crippen molar-refractivity contribution < 1.29 is 27.5 Å². The average molecular weight is 483 g/mol. The van der Waals surface area contributed by atoms with E-state index in [1.807, 2.05) is 0 Å². The van der Waals surface area contributed by atoms with Crippen LogP contribution in [-0.4, -0.2) is 37.0 Å². The lowest BCUT2D eigenvalue weighted by Crippen LogP contribution is -2.49.